The molecule has 0 radical (unpaired) electrons. The van der Waals surface area contributed by atoms with Crippen molar-refractivity contribution < 1.29 is 14.3 Å². The molecular formula is C14H22Cl2N2O3. The van der Waals surface area contributed by atoms with Crippen LogP contribution in [0, 0.1) is 0 Å². The Kier molecular flexibility index (Phi) is 11.1. The Morgan fingerprint density at radius 3 is 2.71 bits per heavy atom. The molecule has 0 heterocycles. The van der Waals surface area contributed by atoms with E-state index in [1.54, 1.807) is 25.3 Å². The molecule has 0 aliphatic heterocycles. The van der Waals surface area contributed by atoms with E-state index in [0.29, 0.717) is 36.1 Å². The standard InChI is InChI=1S/C14H21ClN2O3.ClH/c1-16-6-3-7-17-14(18)12-10-11(15)4-5-13(12)20-9-8-19-2;/h4-5,10,16H,3,6-9H2,1-2H3,(H,17,18);1H. The molecule has 0 saturated heterocycles. The highest BCUT2D eigenvalue weighted by atomic mass is 35.5. The van der Waals surface area contributed by atoms with Crippen molar-refractivity contribution in [3.8, 4) is 5.75 Å². The molecule has 0 atom stereocenters. The van der Waals surface area contributed by atoms with Gasteiger partial charge in [0.25, 0.3) is 5.91 Å². The van der Waals surface area contributed by atoms with E-state index in [-0.39, 0.29) is 18.3 Å². The molecule has 0 saturated carbocycles. The zero-order chi connectivity index (χ0) is 14.8. The van der Waals surface area contributed by atoms with Gasteiger partial charge in [0.05, 0.1) is 12.2 Å². The van der Waals surface area contributed by atoms with Crippen LogP contribution in [0.15, 0.2) is 18.2 Å². The van der Waals surface area contributed by atoms with Crippen molar-refractivity contribution in [2.24, 2.45) is 0 Å². The average Bonchev–Trinajstić information content (AvgIpc) is 2.45. The van der Waals surface area contributed by atoms with Crippen LogP contribution in [0.4, 0.5) is 0 Å². The summed E-state index contributed by atoms with van der Waals surface area (Å²) >= 11 is 5.94. The molecule has 1 aromatic carbocycles. The van der Waals surface area contributed by atoms with Crippen LogP contribution in [-0.4, -0.2) is 46.4 Å². The van der Waals surface area contributed by atoms with Crippen LogP contribution in [0.3, 0.4) is 0 Å². The molecule has 0 unspecified atom stereocenters. The first kappa shape index (κ1) is 20.0. The Balaban J connectivity index is 0.00000400. The van der Waals surface area contributed by atoms with E-state index in [9.17, 15) is 4.79 Å². The third-order valence-corrected chi connectivity index (χ3v) is 2.86. The van der Waals surface area contributed by atoms with Gasteiger partial charge in [0.1, 0.15) is 12.4 Å². The Hall–Kier alpha value is -1.01. The summed E-state index contributed by atoms with van der Waals surface area (Å²) in [4.78, 5) is 12.1. The van der Waals surface area contributed by atoms with E-state index in [0.717, 1.165) is 13.0 Å². The molecule has 2 N–H and O–H groups in total. The lowest BCUT2D eigenvalue weighted by molar-refractivity contribution is 0.0945. The monoisotopic (exact) mass is 336 g/mol. The number of amides is 1. The van der Waals surface area contributed by atoms with Crippen molar-refractivity contribution >= 4 is 29.9 Å². The number of methoxy groups -OCH3 is 1. The Morgan fingerprint density at radius 2 is 2.05 bits per heavy atom. The molecule has 21 heavy (non-hydrogen) atoms. The number of rotatable bonds is 9. The topological polar surface area (TPSA) is 59.6 Å². The number of ether oxygens (including phenoxy) is 2. The maximum atomic E-state index is 12.1. The van der Waals surface area contributed by atoms with Crippen molar-refractivity contribution in [1.29, 1.82) is 0 Å². The molecule has 0 aromatic heterocycles. The first-order valence-corrected chi connectivity index (χ1v) is 6.91. The van der Waals surface area contributed by atoms with E-state index < -0.39 is 0 Å². The smallest absolute Gasteiger partial charge is 0.255 e. The lowest BCUT2D eigenvalue weighted by Crippen LogP contribution is -2.27. The van der Waals surface area contributed by atoms with Crippen LogP contribution in [0.5, 0.6) is 5.75 Å². The highest BCUT2D eigenvalue weighted by Gasteiger charge is 2.13. The molecule has 0 spiro atoms. The van der Waals surface area contributed by atoms with E-state index in [4.69, 9.17) is 21.1 Å². The van der Waals surface area contributed by atoms with Crippen molar-refractivity contribution in [3.63, 3.8) is 0 Å². The molecule has 7 heteroatoms. The molecule has 1 rings (SSSR count). The quantitative estimate of drug-likeness (QED) is 0.678. The molecule has 1 aromatic rings. The number of halogens is 2. The first-order valence-electron chi connectivity index (χ1n) is 6.53. The molecule has 120 valence electrons. The van der Waals surface area contributed by atoms with Crippen molar-refractivity contribution in [2.75, 3.05) is 40.5 Å². The van der Waals surface area contributed by atoms with E-state index >= 15 is 0 Å². The van der Waals surface area contributed by atoms with Crippen LogP contribution in [0.1, 0.15) is 16.8 Å². The van der Waals surface area contributed by atoms with Gasteiger partial charge in [0, 0.05) is 18.7 Å². The van der Waals surface area contributed by atoms with E-state index in [1.165, 1.54) is 0 Å². The summed E-state index contributed by atoms with van der Waals surface area (Å²) < 4.78 is 10.4. The Labute approximate surface area is 136 Å². The second kappa shape index (κ2) is 11.6. The maximum Gasteiger partial charge on any atom is 0.255 e. The van der Waals surface area contributed by atoms with Gasteiger partial charge >= 0.3 is 0 Å². The minimum Gasteiger partial charge on any atom is -0.490 e. The van der Waals surface area contributed by atoms with Crippen LogP contribution in [0.2, 0.25) is 5.02 Å². The molecule has 0 bridgehead atoms. The number of carbonyl (C=O) groups is 1. The number of carbonyl (C=O) groups excluding carboxylic acids is 1. The molecular weight excluding hydrogens is 315 g/mol. The van der Waals surface area contributed by atoms with Crippen molar-refractivity contribution in [3.05, 3.63) is 28.8 Å². The summed E-state index contributed by atoms with van der Waals surface area (Å²) in [5.74, 6) is 0.327. The lowest BCUT2D eigenvalue weighted by atomic mass is 10.2. The largest absolute Gasteiger partial charge is 0.490 e. The summed E-state index contributed by atoms with van der Waals surface area (Å²) in [5.41, 5.74) is 0.443. The van der Waals surface area contributed by atoms with Crippen molar-refractivity contribution in [1.82, 2.24) is 10.6 Å². The van der Waals surface area contributed by atoms with Gasteiger partial charge in [-0.2, -0.15) is 0 Å². The molecule has 0 fully saturated rings. The second-order valence-corrected chi connectivity index (χ2v) is 4.63. The highest BCUT2D eigenvalue weighted by molar-refractivity contribution is 6.31. The summed E-state index contributed by atoms with van der Waals surface area (Å²) in [6, 6.07) is 5.00. The van der Waals surface area contributed by atoms with Gasteiger partial charge in [0.2, 0.25) is 0 Å². The fourth-order valence-electron chi connectivity index (χ4n) is 1.60. The van der Waals surface area contributed by atoms with Gasteiger partial charge < -0.3 is 20.1 Å². The number of hydrogen-bond donors (Lipinski definition) is 2. The SMILES string of the molecule is CNCCCNC(=O)c1cc(Cl)ccc1OCCOC.Cl. The van der Waals surface area contributed by atoms with Gasteiger partial charge in [0.15, 0.2) is 0 Å². The fourth-order valence-corrected chi connectivity index (χ4v) is 1.77. The lowest BCUT2D eigenvalue weighted by Gasteiger charge is -2.12. The second-order valence-electron chi connectivity index (χ2n) is 4.19. The summed E-state index contributed by atoms with van der Waals surface area (Å²) in [7, 11) is 3.47. The zero-order valence-electron chi connectivity index (χ0n) is 12.3. The summed E-state index contributed by atoms with van der Waals surface area (Å²) in [5, 5.41) is 6.37. The van der Waals surface area contributed by atoms with Gasteiger partial charge in [-0.15, -0.1) is 12.4 Å². The van der Waals surface area contributed by atoms with Gasteiger partial charge in [-0.3, -0.25) is 4.79 Å². The first-order chi connectivity index (χ1) is 9.69. The normalized spacial score (nSPS) is 9.86. The molecule has 5 nitrogen and oxygen atoms in total. The highest BCUT2D eigenvalue weighted by Crippen LogP contribution is 2.22. The summed E-state index contributed by atoms with van der Waals surface area (Å²) in [6.45, 7) is 2.31. The number of hydrogen-bond acceptors (Lipinski definition) is 4. The van der Waals surface area contributed by atoms with Gasteiger partial charge in [-0.1, -0.05) is 11.6 Å². The number of nitrogens with one attached hydrogen (secondary N) is 2. The maximum absolute atomic E-state index is 12.1. The van der Waals surface area contributed by atoms with E-state index in [1.807, 2.05) is 7.05 Å². The third-order valence-electron chi connectivity index (χ3n) is 2.62. The van der Waals surface area contributed by atoms with E-state index in [2.05, 4.69) is 10.6 Å². The number of benzene rings is 1. The minimum absolute atomic E-state index is 0. The van der Waals surface area contributed by atoms with Crippen LogP contribution < -0.4 is 15.4 Å². The van der Waals surface area contributed by atoms with Crippen LogP contribution >= 0.6 is 24.0 Å². The van der Waals surface area contributed by atoms with Crippen molar-refractivity contribution in [2.45, 2.75) is 6.42 Å². The summed E-state index contributed by atoms with van der Waals surface area (Å²) in [6.07, 6.45) is 0.864. The van der Waals surface area contributed by atoms with Gasteiger partial charge in [-0.25, -0.2) is 0 Å². The predicted molar refractivity (Wildman–Crippen MR) is 86.9 cm³/mol. The zero-order valence-corrected chi connectivity index (χ0v) is 13.9. The molecule has 1 amide bonds. The molecule has 0 aliphatic carbocycles. The third kappa shape index (κ3) is 7.52. The average molecular weight is 337 g/mol. The fraction of sp³-hybridized carbons (Fsp3) is 0.500. The predicted octanol–water partition coefficient (Wildman–Crippen LogP) is 2.13. The van der Waals surface area contributed by atoms with Crippen LogP contribution in [0.25, 0.3) is 0 Å². The Bertz CT molecular complexity index is 431. The van der Waals surface area contributed by atoms with Crippen LogP contribution in [-0.2, 0) is 4.74 Å². The van der Waals surface area contributed by atoms with Gasteiger partial charge in [-0.05, 0) is 38.2 Å². The Morgan fingerprint density at radius 1 is 1.29 bits per heavy atom. The molecule has 0 aliphatic rings. The minimum atomic E-state index is -0.184.